The van der Waals surface area contributed by atoms with Crippen molar-refractivity contribution in [2.45, 2.75) is 70.0 Å². The second-order valence-electron chi connectivity index (χ2n) is 6.96. The molecule has 1 fully saturated rings. The number of fused-ring (bicyclic) bond motifs is 1. The number of aryl methyl sites for hydroxylation is 3. The lowest BCUT2D eigenvalue weighted by Crippen LogP contribution is -2.29. The Morgan fingerprint density at radius 2 is 2.18 bits per heavy atom. The van der Waals surface area contributed by atoms with Gasteiger partial charge < -0.3 is 4.74 Å². The van der Waals surface area contributed by atoms with Gasteiger partial charge in [-0.2, -0.15) is 5.10 Å². The highest BCUT2D eigenvalue weighted by molar-refractivity contribution is 7.98. The molecule has 0 bridgehead atoms. The lowest BCUT2D eigenvalue weighted by Gasteiger charge is -2.15. The van der Waals surface area contributed by atoms with Crippen molar-refractivity contribution in [2.75, 3.05) is 6.61 Å². The van der Waals surface area contributed by atoms with Gasteiger partial charge in [-0.15, -0.1) is 11.3 Å². The van der Waals surface area contributed by atoms with Crippen molar-refractivity contribution < 1.29 is 4.74 Å². The van der Waals surface area contributed by atoms with Crippen molar-refractivity contribution in [3.8, 4) is 0 Å². The normalized spacial score (nSPS) is 17.0. The van der Waals surface area contributed by atoms with Gasteiger partial charge in [0.1, 0.15) is 16.5 Å². The van der Waals surface area contributed by atoms with E-state index in [-0.39, 0.29) is 11.7 Å². The van der Waals surface area contributed by atoms with E-state index in [1.54, 1.807) is 11.3 Å². The van der Waals surface area contributed by atoms with E-state index in [0.29, 0.717) is 12.3 Å². The quantitative estimate of drug-likeness (QED) is 0.466. The molecule has 150 valence electrons. The Kier molecular flexibility index (Phi) is 5.84. The number of aromatic nitrogens is 5. The number of aromatic amines is 1. The van der Waals surface area contributed by atoms with Crippen LogP contribution in [0.3, 0.4) is 0 Å². The summed E-state index contributed by atoms with van der Waals surface area (Å²) in [5, 5.41) is 8.67. The van der Waals surface area contributed by atoms with Crippen LogP contribution in [0.5, 0.6) is 0 Å². The molecule has 1 atom stereocenters. The number of thioether (sulfide) groups is 1. The Bertz CT molecular complexity index is 1030. The molecule has 1 unspecified atom stereocenters. The van der Waals surface area contributed by atoms with Crippen LogP contribution in [0.2, 0.25) is 0 Å². The van der Waals surface area contributed by atoms with Gasteiger partial charge in [-0.25, -0.2) is 9.97 Å². The molecule has 0 saturated carbocycles. The molecule has 7 nitrogen and oxygen atoms in total. The highest BCUT2D eigenvalue weighted by Crippen LogP contribution is 2.30. The summed E-state index contributed by atoms with van der Waals surface area (Å²) in [6, 6.07) is 0. The molecule has 1 aliphatic rings. The molecule has 1 aliphatic heterocycles. The van der Waals surface area contributed by atoms with Gasteiger partial charge >= 0.3 is 0 Å². The summed E-state index contributed by atoms with van der Waals surface area (Å²) < 4.78 is 7.61. The molecule has 0 spiro atoms. The molecule has 28 heavy (non-hydrogen) atoms. The number of hydrogen-bond acceptors (Lipinski definition) is 7. The summed E-state index contributed by atoms with van der Waals surface area (Å²) >= 11 is 3.14. The van der Waals surface area contributed by atoms with Gasteiger partial charge in [0.15, 0.2) is 5.16 Å². The number of rotatable bonds is 7. The van der Waals surface area contributed by atoms with E-state index < -0.39 is 0 Å². The summed E-state index contributed by atoms with van der Waals surface area (Å²) in [6.07, 6.45) is 3.75. The van der Waals surface area contributed by atoms with E-state index in [0.717, 1.165) is 64.9 Å². The fourth-order valence-corrected chi connectivity index (χ4v) is 5.64. The van der Waals surface area contributed by atoms with Gasteiger partial charge in [0.2, 0.25) is 0 Å². The average molecular weight is 420 g/mol. The van der Waals surface area contributed by atoms with Gasteiger partial charge in [-0.3, -0.25) is 14.5 Å². The van der Waals surface area contributed by atoms with E-state index >= 15 is 0 Å². The van der Waals surface area contributed by atoms with Crippen LogP contribution in [0.4, 0.5) is 0 Å². The molecular formula is C19H25N5O2S2. The topological polar surface area (TPSA) is 85.7 Å². The van der Waals surface area contributed by atoms with Crippen LogP contribution in [0, 0.1) is 6.92 Å². The van der Waals surface area contributed by atoms with Gasteiger partial charge in [0, 0.05) is 17.9 Å². The van der Waals surface area contributed by atoms with Crippen LogP contribution in [0.15, 0.2) is 9.95 Å². The second kappa shape index (κ2) is 8.34. The van der Waals surface area contributed by atoms with Crippen LogP contribution < -0.4 is 5.56 Å². The molecule has 4 heterocycles. The fourth-order valence-electron chi connectivity index (χ4n) is 3.61. The van der Waals surface area contributed by atoms with Crippen LogP contribution in [0.25, 0.3) is 10.2 Å². The van der Waals surface area contributed by atoms with Crippen LogP contribution in [-0.2, 0) is 29.9 Å². The molecule has 0 aliphatic carbocycles. The number of hydrogen-bond donors (Lipinski definition) is 1. The SMILES string of the molecule is CCc1n[nH]c(CSc2nc3sc(C)c(CC)c3c(=O)n2CC2CCCO2)n1. The molecule has 1 N–H and O–H groups in total. The van der Waals surface area contributed by atoms with Crippen molar-refractivity contribution in [3.63, 3.8) is 0 Å². The predicted molar refractivity (Wildman–Crippen MR) is 112 cm³/mol. The van der Waals surface area contributed by atoms with Crippen molar-refractivity contribution in [1.29, 1.82) is 0 Å². The van der Waals surface area contributed by atoms with Crippen LogP contribution >= 0.6 is 23.1 Å². The third-order valence-electron chi connectivity index (χ3n) is 5.07. The highest BCUT2D eigenvalue weighted by atomic mass is 32.2. The molecule has 9 heteroatoms. The summed E-state index contributed by atoms with van der Waals surface area (Å²) in [5.41, 5.74) is 1.17. The largest absolute Gasteiger partial charge is 0.376 e. The monoisotopic (exact) mass is 419 g/mol. The predicted octanol–water partition coefficient (Wildman–Crippen LogP) is 3.48. The first-order valence-corrected chi connectivity index (χ1v) is 11.6. The van der Waals surface area contributed by atoms with Crippen LogP contribution in [-0.4, -0.2) is 37.4 Å². The van der Waals surface area contributed by atoms with Gasteiger partial charge in [0.05, 0.1) is 23.8 Å². The number of thiophene rings is 1. The first-order valence-electron chi connectivity index (χ1n) is 9.78. The summed E-state index contributed by atoms with van der Waals surface area (Å²) in [5.74, 6) is 2.20. The van der Waals surface area contributed by atoms with Crippen molar-refractivity contribution in [1.82, 2.24) is 24.7 Å². The average Bonchev–Trinajstić information content (AvgIpc) is 3.42. The van der Waals surface area contributed by atoms with E-state index in [9.17, 15) is 4.79 Å². The van der Waals surface area contributed by atoms with Crippen LogP contribution in [0.1, 0.15) is 48.8 Å². The maximum Gasteiger partial charge on any atom is 0.263 e. The maximum absolute atomic E-state index is 13.4. The fraction of sp³-hybridized carbons (Fsp3) is 0.579. The van der Waals surface area contributed by atoms with E-state index in [1.165, 1.54) is 16.6 Å². The molecule has 3 aromatic heterocycles. The molecule has 0 radical (unpaired) electrons. The lowest BCUT2D eigenvalue weighted by molar-refractivity contribution is 0.0937. The number of H-pyrrole nitrogens is 1. The summed E-state index contributed by atoms with van der Waals surface area (Å²) in [4.78, 5) is 24.8. The highest BCUT2D eigenvalue weighted by Gasteiger charge is 2.23. The Balaban J connectivity index is 1.72. The van der Waals surface area contributed by atoms with Crippen molar-refractivity contribution in [2.24, 2.45) is 0 Å². The van der Waals surface area contributed by atoms with Crippen molar-refractivity contribution >= 4 is 33.3 Å². The molecule has 3 aromatic rings. The maximum atomic E-state index is 13.4. The first kappa shape index (κ1) is 19.6. The summed E-state index contributed by atoms with van der Waals surface area (Å²) in [7, 11) is 0. The standard InChI is InChI=1S/C19H25N5O2S2/c1-4-13-11(3)28-17-16(13)18(25)24(9-12-7-6-8-26-12)19(21-17)27-10-15-20-14(5-2)22-23-15/h12H,4-10H2,1-3H3,(H,20,22,23). The Morgan fingerprint density at radius 3 is 2.86 bits per heavy atom. The van der Waals surface area contributed by atoms with Gasteiger partial charge in [0.25, 0.3) is 5.56 Å². The Labute approximate surface area is 171 Å². The zero-order valence-corrected chi connectivity index (χ0v) is 18.1. The second-order valence-corrected chi connectivity index (χ2v) is 9.10. The smallest absolute Gasteiger partial charge is 0.263 e. The Hall–Kier alpha value is -1.71. The third-order valence-corrected chi connectivity index (χ3v) is 7.10. The Morgan fingerprint density at radius 1 is 1.32 bits per heavy atom. The lowest BCUT2D eigenvalue weighted by atomic mass is 10.1. The van der Waals surface area contributed by atoms with Crippen molar-refractivity contribution in [3.05, 3.63) is 32.4 Å². The van der Waals surface area contributed by atoms with E-state index in [1.807, 2.05) is 11.5 Å². The number of ether oxygens (including phenoxy) is 1. The molecule has 0 aromatic carbocycles. The minimum absolute atomic E-state index is 0.0519. The molecular weight excluding hydrogens is 394 g/mol. The summed E-state index contributed by atoms with van der Waals surface area (Å²) in [6.45, 7) is 7.52. The first-order chi connectivity index (χ1) is 13.6. The van der Waals surface area contributed by atoms with Gasteiger partial charge in [-0.05, 0) is 31.7 Å². The third kappa shape index (κ3) is 3.75. The molecule has 1 saturated heterocycles. The van der Waals surface area contributed by atoms with E-state index in [4.69, 9.17) is 9.72 Å². The number of nitrogens with one attached hydrogen (secondary N) is 1. The zero-order chi connectivity index (χ0) is 19.7. The molecule has 4 rings (SSSR count). The molecule has 0 amide bonds. The van der Waals surface area contributed by atoms with E-state index in [2.05, 4.69) is 29.0 Å². The number of nitrogens with zero attached hydrogens (tertiary/aromatic N) is 4. The minimum Gasteiger partial charge on any atom is -0.376 e. The minimum atomic E-state index is 0.0519. The zero-order valence-electron chi connectivity index (χ0n) is 16.4. The van der Waals surface area contributed by atoms with Gasteiger partial charge in [-0.1, -0.05) is 25.6 Å².